The van der Waals surface area contributed by atoms with E-state index in [1.54, 1.807) is 6.26 Å². The second kappa shape index (κ2) is 4.09. The topological polar surface area (TPSA) is 42.2 Å². The summed E-state index contributed by atoms with van der Waals surface area (Å²) < 4.78 is 5.21. The van der Waals surface area contributed by atoms with Gasteiger partial charge in [-0.05, 0) is 23.8 Å². The lowest BCUT2D eigenvalue weighted by molar-refractivity contribution is -0.119. The summed E-state index contributed by atoms with van der Waals surface area (Å²) in [6.07, 6.45) is 1.97. The molecule has 0 saturated carbocycles. The lowest BCUT2D eigenvalue weighted by Crippen LogP contribution is -2.16. The van der Waals surface area contributed by atoms with Gasteiger partial charge in [0.2, 0.25) is 0 Å². The highest BCUT2D eigenvalue weighted by Gasteiger charge is 2.28. The summed E-state index contributed by atoms with van der Waals surface area (Å²) in [5, 5.41) is 3.26. The van der Waals surface area contributed by atoms with E-state index < -0.39 is 0 Å². The number of nitrogens with one attached hydrogen (secondary N) is 1. The fourth-order valence-corrected chi connectivity index (χ4v) is 2.28. The number of rotatable bonds is 3. The van der Waals surface area contributed by atoms with Crippen LogP contribution in [0.25, 0.3) is 0 Å². The van der Waals surface area contributed by atoms with Crippen LogP contribution in [0, 0.1) is 0 Å². The Morgan fingerprint density at radius 2 is 2.18 bits per heavy atom. The normalized spacial score (nSPS) is 17.5. The minimum atomic E-state index is -0.0451. The van der Waals surface area contributed by atoms with Gasteiger partial charge in [-0.25, -0.2) is 0 Å². The Labute approximate surface area is 99.4 Å². The third-order valence-corrected chi connectivity index (χ3v) is 3.15. The third kappa shape index (κ3) is 1.84. The quantitative estimate of drug-likeness (QED) is 0.876. The fourth-order valence-electron chi connectivity index (χ4n) is 2.28. The molecule has 0 fully saturated rings. The molecule has 0 spiro atoms. The van der Waals surface area contributed by atoms with E-state index in [9.17, 15) is 4.79 Å². The maximum atomic E-state index is 12.2. The summed E-state index contributed by atoms with van der Waals surface area (Å²) in [6, 6.07) is 11.6. The zero-order valence-corrected chi connectivity index (χ0v) is 9.35. The second-order valence-corrected chi connectivity index (χ2v) is 4.24. The van der Waals surface area contributed by atoms with Crippen LogP contribution in [0.15, 0.2) is 47.1 Å². The van der Waals surface area contributed by atoms with Crippen molar-refractivity contribution in [3.05, 3.63) is 54.0 Å². The highest BCUT2D eigenvalue weighted by molar-refractivity contribution is 5.91. The van der Waals surface area contributed by atoms with Crippen molar-refractivity contribution in [2.24, 2.45) is 0 Å². The van der Waals surface area contributed by atoms with E-state index in [0.29, 0.717) is 13.0 Å². The molecule has 3 nitrogen and oxygen atoms in total. The molecule has 0 bridgehead atoms. The summed E-state index contributed by atoms with van der Waals surface area (Å²) >= 11 is 0. The summed E-state index contributed by atoms with van der Waals surface area (Å²) in [4.78, 5) is 12.2. The maximum absolute atomic E-state index is 12.2. The van der Waals surface area contributed by atoms with Crippen molar-refractivity contribution in [1.29, 1.82) is 0 Å². The highest BCUT2D eigenvalue weighted by atomic mass is 16.3. The Balaban J connectivity index is 1.80. The van der Waals surface area contributed by atoms with Crippen molar-refractivity contribution in [2.45, 2.75) is 12.3 Å². The van der Waals surface area contributed by atoms with Crippen molar-refractivity contribution in [1.82, 2.24) is 0 Å². The van der Waals surface area contributed by atoms with Crippen LogP contribution in [0.2, 0.25) is 0 Å². The molecule has 0 amide bonds. The predicted molar refractivity (Wildman–Crippen MR) is 65.1 cm³/mol. The first kappa shape index (κ1) is 10.1. The van der Waals surface area contributed by atoms with Crippen LogP contribution in [0.5, 0.6) is 0 Å². The Bertz CT molecular complexity index is 531. The first-order valence-corrected chi connectivity index (χ1v) is 5.72. The molecule has 0 aliphatic carbocycles. The molecular formula is C14H13NO2. The number of ketones is 1. The average molecular weight is 227 g/mol. The Morgan fingerprint density at radius 1 is 1.29 bits per heavy atom. The van der Waals surface area contributed by atoms with E-state index in [1.807, 2.05) is 36.4 Å². The van der Waals surface area contributed by atoms with Gasteiger partial charge in [0.25, 0.3) is 0 Å². The van der Waals surface area contributed by atoms with Crippen LogP contribution in [0.1, 0.15) is 17.2 Å². The highest BCUT2D eigenvalue weighted by Crippen LogP contribution is 2.32. The van der Waals surface area contributed by atoms with E-state index in [0.717, 1.165) is 17.0 Å². The number of hydrogen-bond donors (Lipinski definition) is 1. The molecule has 3 heteroatoms. The molecule has 0 saturated heterocycles. The van der Waals surface area contributed by atoms with Crippen LogP contribution >= 0.6 is 0 Å². The number of furan rings is 1. The molecule has 17 heavy (non-hydrogen) atoms. The van der Waals surface area contributed by atoms with E-state index >= 15 is 0 Å². The molecule has 2 aromatic rings. The van der Waals surface area contributed by atoms with Crippen molar-refractivity contribution in [3.63, 3.8) is 0 Å². The van der Waals surface area contributed by atoms with Crippen molar-refractivity contribution < 1.29 is 9.21 Å². The zero-order chi connectivity index (χ0) is 11.7. The molecule has 0 radical (unpaired) electrons. The lowest BCUT2D eigenvalue weighted by atomic mass is 9.94. The molecule has 1 aliphatic heterocycles. The number of fused-ring (bicyclic) bond motifs is 1. The zero-order valence-electron chi connectivity index (χ0n) is 9.35. The smallest absolute Gasteiger partial charge is 0.149 e. The minimum Gasteiger partial charge on any atom is -0.469 e. The number of benzene rings is 1. The molecule has 1 aliphatic rings. The second-order valence-electron chi connectivity index (χ2n) is 4.24. The largest absolute Gasteiger partial charge is 0.469 e. The third-order valence-electron chi connectivity index (χ3n) is 3.15. The van der Waals surface area contributed by atoms with Crippen LogP contribution in [-0.2, 0) is 11.2 Å². The van der Waals surface area contributed by atoms with Crippen molar-refractivity contribution in [2.75, 3.05) is 11.9 Å². The van der Waals surface area contributed by atoms with Gasteiger partial charge in [-0.15, -0.1) is 0 Å². The van der Waals surface area contributed by atoms with Gasteiger partial charge in [0.15, 0.2) is 0 Å². The number of para-hydroxylation sites is 1. The van der Waals surface area contributed by atoms with Gasteiger partial charge < -0.3 is 9.73 Å². The van der Waals surface area contributed by atoms with Crippen molar-refractivity contribution >= 4 is 11.5 Å². The molecule has 1 atom stereocenters. The Hall–Kier alpha value is -2.03. The van der Waals surface area contributed by atoms with Gasteiger partial charge >= 0.3 is 0 Å². The minimum absolute atomic E-state index is 0.0451. The molecule has 1 N–H and O–H groups in total. The Morgan fingerprint density at radius 3 is 3.00 bits per heavy atom. The Kier molecular flexibility index (Phi) is 2.44. The van der Waals surface area contributed by atoms with E-state index in [1.165, 1.54) is 0 Å². The number of carbonyl (C=O) groups excluding carboxylic acids is 1. The van der Waals surface area contributed by atoms with Gasteiger partial charge in [-0.1, -0.05) is 18.2 Å². The number of hydrogen-bond acceptors (Lipinski definition) is 3. The molecule has 2 heterocycles. The van der Waals surface area contributed by atoms with Gasteiger partial charge in [0, 0.05) is 12.2 Å². The van der Waals surface area contributed by atoms with Gasteiger partial charge in [0.05, 0.1) is 18.6 Å². The standard InChI is InChI=1S/C14H13NO2/c16-14(8-10-4-3-7-17-10)12-9-15-13-6-2-1-5-11(12)13/h1-7,12,15H,8-9H2. The summed E-state index contributed by atoms with van der Waals surface area (Å²) in [5.74, 6) is 0.896. The summed E-state index contributed by atoms with van der Waals surface area (Å²) in [6.45, 7) is 0.693. The predicted octanol–water partition coefficient (Wildman–Crippen LogP) is 2.60. The van der Waals surface area contributed by atoms with Crippen LogP contribution < -0.4 is 5.32 Å². The molecule has 1 unspecified atom stereocenters. The molecule has 86 valence electrons. The van der Waals surface area contributed by atoms with Gasteiger partial charge in [0.1, 0.15) is 11.5 Å². The van der Waals surface area contributed by atoms with Crippen LogP contribution in [0.3, 0.4) is 0 Å². The molecule has 3 rings (SSSR count). The average Bonchev–Trinajstić information content (AvgIpc) is 2.96. The van der Waals surface area contributed by atoms with Crippen LogP contribution in [-0.4, -0.2) is 12.3 Å². The van der Waals surface area contributed by atoms with Crippen LogP contribution in [0.4, 0.5) is 5.69 Å². The first-order chi connectivity index (χ1) is 8.34. The maximum Gasteiger partial charge on any atom is 0.149 e. The lowest BCUT2D eigenvalue weighted by Gasteiger charge is -2.07. The number of anilines is 1. The monoisotopic (exact) mass is 227 g/mol. The van der Waals surface area contributed by atoms with E-state index in [4.69, 9.17) is 4.42 Å². The molecular weight excluding hydrogens is 214 g/mol. The summed E-state index contributed by atoms with van der Waals surface area (Å²) in [7, 11) is 0. The van der Waals surface area contributed by atoms with E-state index in [2.05, 4.69) is 5.32 Å². The SMILES string of the molecule is O=C(Cc1ccco1)C1CNc2ccccc21. The van der Waals surface area contributed by atoms with E-state index in [-0.39, 0.29) is 11.7 Å². The van der Waals surface area contributed by atoms with Gasteiger partial charge in [-0.3, -0.25) is 4.79 Å². The first-order valence-electron chi connectivity index (χ1n) is 5.72. The van der Waals surface area contributed by atoms with Gasteiger partial charge in [-0.2, -0.15) is 0 Å². The molecule has 1 aromatic carbocycles. The fraction of sp³-hybridized carbons (Fsp3) is 0.214. The molecule has 1 aromatic heterocycles. The summed E-state index contributed by atoms with van der Waals surface area (Å²) in [5.41, 5.74) is 2.18. The number of carbonyl (C=O) groups is 1. The number of Topliss-reactive ketones (excluding diaryl/α,β-unsaturated/α-hetero) is 1. The van der Waals surface area contributed by atoms with Crippen molar-refractivity contribution in [3.8, 4) is 0 Å².